The Hall–Kier alpha value is -2.53. The van der Waals surface area contributed by atoms with Gasteiger partial charge < -0.3 is 19.3 Å². The highest BCUT2D eigenvalue weighted by atomic mass is 16.5. The van der Waals surface area contributed by atoms with E-state index in [1.807, 2.05) is 18.2 Å². The van der Waals surface area contributed by atoms with Crippen LogP contribution in [0.1, 0.15) is 82.6 Å². The largest absolute Gasteiger partial charge is 0.489 e. The molecule has 0 saturated carbocycles. The molecule has 5 nitrogen and oxygen atoms in total. The normalized spacial score (nSPS) is 22.8. The third kappa shape index (κ3) is 5.03. The van der Waals surface area contributed by atoms with Gasteiger partial charge in [-0.05, 0) is 30.9 Å². The van der Waals surface area contributed by atoms with E-state index in [0.717, 1.165) is 40.2 Å². The monoisotopic (exact) mass is 452 g/mol. The Labute approximate surface area is 197 Å². The Morgan fingerprint density at radius 1 is 1.21 bits per heavy atom. The van der Waals surface area contributed by atoms with Crippen LogP contribution in [0.25, 0.3) is 0 Å². The van der Waals surface area contributed by atoms with Gasteiger partial charge in [0.2, 0.25) is 0 Å². The number of aliphatic hydroxyl groups excluding tert-OH is 1. The molecule has 0 spiro atoms. The number of hydrogen-bond acceptors (Lipinski definition) is 5. The molecule has 2 aromatic carbocycles. The number of carbonyl (C=O) groups is 1. The van der Waals surface area contributed by atoms with E-state index in [-0.39, 0.29) is 29.3 Å². The Bertz CT molecular complexity index is 1020. The second-order valence-electron chi connectivity index (χ2n) is 11.1. The topological polar surface area (TPSA) is 65.0 Å². The van der Waals surface area contributed by atoms with Gasteiger partial charge in [0.25, 0.3) is 0 Å². The lowest BCUT2D eigenvalue weighted by Gasteiger charge is -2.35. The summed E-state index contributed by atoms with van der Waals surface area (Å²) in [5.74, 6) is 1.22. The first kappa shape index (κ1) is 23.6. The van der Waals surface area contributed by atoms with Crippen molar-refractivity contribution in [2.45, 2.75) is 96.6 Å². The molecule has 2 aliphatic rings. The van der Waals surface area contributed by atoms with Crippen LogP contribution < -0.4 is 9.47 Å². The Morgan fingerprint density at radius 3 is 2.55 bits per heavy atom. The van der Waals surface area contributed by atoms with Crippen molar-refractivity contribution in [2.75, 3.05) is 0 Å². The summed E-state index contributed by atoms with van der Waals surface area (Å²) in [5.41, 5.74) is 3.75. The van der Waals surface area contributed by atoms with Gasteiger partial charge in [0.15, 0.2) is 0 Å². The molecule has 1 N–H and O–H groups in total. The smallest absolute Gasteiger partial charge is 0.308 e. The van der Waals surface area contributed by atoms with Gasteiger partial charge in [0.1, 0.15) is 29.8 Å². The van der Waals surface area contributed by atoms with E-state index in [4.69, 9.17) is 14.2 Å². The Balaban J connectivity index is 1.82. The number of fused-ring (bicyclic) bond motifs is 1. The second-order valence-corrected chi connectivity index (χ2v) is 11.1. The number of cyclic esters (lactones) is 1. The van der Waals surface area contributed by atoms with Crippen LogP contribution >= 0.6 is 0 Å². The highest BCUT2D eigenvalue weighted by molar-refractivity contribution is 5.71. The lowest BCUT2D eigenvalue weighted by molar-refractivity contribution is -0.161. The van der Waals surface area contributed by atoms with Crippen molar-refractivity contribution in [1.29, 1.82) is 0 Å². The maximum Gasteiger partial charge on any atom is 0.308 e. The molecule has 0 bridgehead atoms. The second kappa shape index (κ2) is 8.68. The molecule has 2 aromatic rings. The molecule has 1 saturated heterocycles. The fraction of sp³-hybridized carbons (Fsp3) is 0.536. The Kier molecular flexibility index (Phi) is 6.21. The third-order valence-corrected chi connectivity index (χ3v) is 6.54. The first-order valence-electron chi connectivity index (χ1n) is 11.9. The van der Waals surface area contributed by atoms with Crippen LogP contribution in [0.4, 0.5) is 0 Å². The van der Waals surface area contributed by atoms with Gasteiger partial charge >= 0.3 is 5.97 Å². The van der Waals surface area contributed by atoms with Crippen molar-refractivity contribution >= 4 is 5.97 Å². The zero-order chi connectivity index (χ0) is 24.0. The van der Waals surface area contributed by atoms with Crippen molar-refractivity contribution in [3.63, 3.8) is 0 Å². The third-order valence-electron chi connectivity index (χ3n) is 6.54. The van der Waals surface area contributed by atoms with Crippen LogP contribution in [0, 0.1) is 0 Å². The number of esters is 1. The summed E-state index contributed by atoms with van der Waals surface area (Å²) in [5, 5.41) is 10.3. The molecule has 4 rings (SSSR count). The Morgan fingerprint density at radius 2 is 1.91 bits per heavy atom. The van der Waals surface area contributed by atoms with Crippen molar-refractivity contribution in [3.8, 4) is 11.5 Å². The van der Waals surface area contributed by atoms with E-state index < -0.39 is 12.2 Å². The maximum absolute atomic E-state index is 12.1. The van der Waals surface area contributed by atoms with E-state index in [9.17, 15) is 9.90 Å². The van der Waals surface area contributed by atoms with Gasteiger partial charge in [-0.1, -0.05) is 58.0 Å². The van der Waals surface area contributed by atoms with Gasteiger partial charge in [0.05, 0.1) is 12.5 Å². The summed E-state index contributed by atoms with van der Waals surface area (Å²) in [6.45, 7) is 13.2. The lowest BCUT2D eigenvalue weighted by atomic mass is 9.76. The average molecular weight is 453 g/mol. The van der Waals surface area contributed by atoms with Gasteiger partial charge in [0, 0.05) is 35.4 Å². The van der Waals surface area contributed by atoms with Crippen molar-refractivity contribution < 1.29 is 24.1 Å². The fourth-order valence-corrected chi connectivity index (χ4v) is 5.10. The molecule has 5 heteroatoms. The first-order valence-corrected chi connectivity index (χ1v) is 11.9. The summed E-state index contributed by atoms with van der Waals surface area (Å²) in [6, 6.07) is 12.3. The molecule has 2 heterocycles. The molecule has 1 unspecified atom stereocenters. The summed E-state index contributed by atoms with van der Waals surface area (Å²) in [6.07, 6.45) is 0.158. The van der Waals surface area contributed by atoms with Crippen LogP contribution in [0.3, 0.4) is 0 Å². The van der Waals surface area contributed by atoms with Gasteiger partial charge in [-0.25, -0.2) is 0 Å². The van der Waals surface area contributed by atoms with Crippen molar-refractivity contribution in [1.82, 2.24) is 0 Å². The predicted octanol–water partition coefficient (Wildman–Crippen LogP) is 5.45. The van der Waals surface area contributed by atoms with Crippen LogP contribution in [-0.2, 0) is 28.0 Å². The van der Waals surface area contributed by atoms with E-state index >= 15 is 0 Å². The highest BCUT2D eigenvalue weighted by Gasteiger charge is 2.41. The fourth-order valence-electron chi connectivity index (χ4n) is 5.10. The zero-order valence-corrected chi connectivity index (χ0v) is 20.6. The SMILES string of the molecule is CC(c1c2c(cc(OCc3ccccc3)c1C(C)(C)C)CC(C)(C)O2)[C@@H]1C[C@@H](O)CC(=O)O1. The number of aliphatic hydroxyl groups is 1. The first-order chi connectivity index (χ1) is 15.4. The number of carbonyl (C=O) groups excluding carboxylic acids is 1. The van der Waals surface area contributed by atoms with Crippen LogP contribution in [0.2, 0.25) is 0 Å². The molecule has 1 fully saturated rings. The molecule has 0 amide bonds. The molecular weight excluding hydrogens is 416 g/mol. The van der Waals surface area contributed by atoms with Crippen molar-refractivity contribution in [2.24, 2.45) is 0 Å². The van der Waals surface area contributed by atoms with Crippen molar-refractivity contribution in [3.05, 3.63) is 58.7 Å². The minimum absolute atomic E-state index is 0.0528. The molecule has 0 aromatic heterocycles. The number of benzene rings is 2. The van der Waals surface area contributed by atoms with E-state index in [1.54, 1.807) is 0 Å². The molecular formula is C28H36O5. The summed E-state index contributed by atoms with van der Waals surface area (Å²) >= 11 is 0. The minimum Gasteiger partial charge on any atom is -0.489 e. The van der Waals surface area contributed by atoms with E-state index in [0.29, 0.717) is 13.0 Å². The van der Waals surface area contributed by atoms with E-state index in [1.165, 1.54) is 0 Å². The summed E-state index contributed by atoms with van der Waals surface area (Å²) in [7, 11) is 0. The molecule has 0 radical (unpaired) electrons. The minimum atomic E-state index is -0.681. The highest BCUT2D eigenvalue weighted by Crippen LogP contribution is 2.51. The summed E-state index contributed by atoms with van der Waals surface area (Å²) < 4.78 is 18.7. The van der Waals surface area contributed by atoms with Crippen LogP contribution in [-0.4, -0.2) is 28.9 Å². The quantitative estimate of drug-likeness (QED) is 0.612. The average Bonchev–Trinajstić information content (AvgIpc) is 3.03. The number of rotatable bonds is 5. The van der Waals surface area contributed by atoms with Crippen LogP contribution in [0.15, 0.2) is 36.4 Å². The number of ether oxygens (including phenoxy) is 3. The zero-order valence-electron chi connectivity index (χ0n) is 20.6. The van der Waals surface area contributed by atoms with Gasteiger partial charge in [-0.3, -0.25) is 4.79 Å². The maximum atomic E-state index is 12.1. The standard InChI is InChI=1S/C28H36O5/c1-17(21-13-20(29)14-23(30)32-21)24-25(27(2,3)4)22(31-16-18-10-8-7-9-11-18)12-19-15-28(5,6)33-26(19)24/h7-12,17,20-21,29H,13-16H2,1-6H3/t17?,20-,21+/m1/s1. The van der Waals surface area contributed by atoms with Gasteiger partial charge in [-0.2, -0.15) is 0 Å². The molecule has 178 valence electrons. The summed E-state index contributed by atoms with van der Waals surface area (Å²) in [4.78, 5) is 12.1. The lowest BCUT2D eigenvalue weighted by Crippen LogP contribution is -2.36. The number of hydrogen-bond donors (Lipinski definition) is 1. The molecule has 0 aliphatic carbocycles. The van der Waals surface area contributed by atoms with Gasteiger partial charge in [-0.15, -0.1) is 0 Å². The van der Waals surface area contributed by atoms with E-state index in [2.05, 4.69) is 59.7 Å². The van der Waals surface area contributed by atoms with Crippen LogP contribution in [0.5, 0.6) is 11.5 Å². The molecule has 33 heavy (non-hydrogen) atoms. The molecule has 3 atom stereocenters. The molecule has 2 aliphatic heterocycles. The predicted molar refractivity (Wildman–Crippen MR) is 128 cm³/mol.